The molecule has 7 nitrogen and oxygen atoms in total. The van der Waals surface area contributed by atoms with E-state index in [1.807, 2.05) is 17.0 Å². The highest BCUT2D eigenvalue weighted by Crippen LogP contribution is 2.30. The maximum Gasteiger partial charge on any atom is 0.260 e. The molecule has 8 heteroatoms. The van der Waals surface area contributed by atoms with Crippen molar-refractivity contribution >= 4 is 28.5 Å². The molecule has 0 spiro atoms. The summed E-state index contributed by atoms with van der Waals surface area (Å²) in [5, 5.41) is 0.333. The molecule has 3 aromatic rings. The van der Waals surface area contributed by atoms with Gasteiger partial charge in [-0.1, -0.05) is 18.5 Å². The smallest absolute Gasteiger partial charge is 0.260 e. The second-order valence-corrected chi connectivity index (χ2v) is 8.85. The molecular weight excluding hydrogens is 402 g/mol. The zero-order valence-corrected chi connectivity index (χ0v) is 17.6. The number of halogens is 1. The van der Waals surface area contributed by atoms with Crippen LogP contribution in [-0.2, 0) is 6.54 Å². The average Bonchev–Trinajstić information content (AvgIpc) is 3.41. The lowest BCUT2D eigenvalue weighted by molar-refractivity contribution is 0.0745. The number of likely N-dealkylation sites (tertiary alicyclic amines) is 1. The number of rotatable bonds is 5. The molecule has 1 amide bonds. The van der Waals surface area contributed by atoms with Crippen LogP contribution in [0.25, 0.3) is 22.4 Å². The van der Waals surface area contributed by atoms with Gasteiger partial charge in [0.2, 0.25) is 0 Å². The van der Waals surface area contributed by atoms with Crippen LogP contribution in [0.15, 0.2) is 29.2 Å². The number of H-pyrrole nitrogens is 2. The maximum absolute atomic E-state index is 13.0. The Morgan fingerprint density at radius 3 is 2.77 bits per heavy atom. The molecule has 1 unspecified atom stereocenters. The van der Waals surface area contributed by atoms with Crippen LogP contribution in [0, 0.1) is 5.92 Å². The number of nitrogens with one attached hydrogen (secondary N) is 2. The van der Waals surface area contributed by atoms with Crippen molar-refractivity contribution in [1.82, 2.24) is 24.8 Å². The Balaban J connectivity index is 1.38. The summed E-state index contributed by atoms with van der Waals surface area (Å²) in [6, 6.07) is 5.41. The largest absolute Gasteiger partial charge is 0.338 e. The Kier molecular flexibility index (Phi) is 4.87. The van der Waals surface area contributed by atoms with Gasteiger partial charge < -0.3 is 19.8 Å². The van der Waals surface area contributed by atoms with Crippen molar-refractivity contribution in [1.29, 1.82) is 0 Å². The van der Waals surface area contributed by atoms with Gasteiger partial charge in [-0.2, -0.15) is 0 Å². The van der Waals surface area contributed by atoms with Crippen LogP contribution in [0.5, 0.6) is 0 Å². The van der Waals surface area contributed by atoms with Crippen LogP contribution in [0.3, 0.4) is 0 Å². The van der Waals surface area contributed by atoms with E-state index < -0.39 is 0 Å². The fourth-order valence-electron chi connectivity index (χ4n) is 4.66. The molecule has 2 aromatic heterocycles. The van der Waals surface area contributed by atoms with Crippen molar-refractivity contribution in [3.63, 3.8) is 0 Å². The normalized spacial score (nSPS) is 17.8. The quantitative estimate of drug-likeness (QED) is 0.657. The zero-order valence-electron chi connectivity index (χ0n) is 16.9. The van der Waals surface area contributed by atoms with Crippen molar-refractivity contribution in [3.05, 3.63) is 50.9 Å². The van der Waals surface area contributed by atoms with Gasteiger partial charge in [0.1, 0.15) is 11.4 Å². The number of fused-ring (bicyclic) bond motifs is 2. The summed E-state index contributed by atoms with van der Waals surface area (Å²) in [4.78, 5) is 39.9. The average molecular weight is 426 g/mol. The molecule has 1 atom stereocenters. The first-order valence-electron chi connectivity index (χ1n) is 10.4. The number of pyridine rings is 1. The Morgan fingerprint density at radius 2 is 2.00 bits per heavy atom. The van der Waals surface area contributed by atoms with E-state index in [1.54, 1.807) is 6.07 Å². The number of aromatic amines is 2. The number of carbonyl (C=O) groups excluding carboxylic acids is 1. The highest BCUT2D eigenvalue weighted by molar-refractivity contribution is 6.33. The number of amides is 1. The van der Waals surface area contributed by atoms with Crippen molar-refractivity contribution < 1.29 is 4.79 Å². The third-order valence-corrected chi connectivity index (χ3v) is 6.35. The van der Waals surface area contributed by atoms with Gasteiger partial charge in [-0.3, -0.25) is 9.59 Å². The molecule has 4 heterocycles. The summed E-state index contributed by atoms with van der Waals surface area (Å²) < 4.78 is 0. The van der Waals surface area contributed by atoms with Gasteiger partial charge in [-0.05, 0) is 55.6 Å². The van der Waals surface area contributed by atoms with Crippen LogP contribution >= 0.6 is 11.6 Å². The minimum atomic E-state index is -0.302. The van der Waals surface area contributed by atoms with Gasteiger partial charge in [0, 0.05) is 31.4 Å². The third-order valence-electron chi connectivity index (χ3n) is 6.03. The zero-order chi connectivity index (χ0) is 20.8. The standard InChI is InChI=1S/C22H24ClN5O2/c1-13(10-27-6-2-3-7-27)11-28-12-14-8-17-18(9-15(14)22(28)30)26-20(25-17)19-16(23)4-5-24-21(19)29/h4-5,8-9,13H,2-3,6-7,10-12H2,1H3,(H,24,29)(H,25,26). The second kappa shape index (κ2) is 7.56. The minimum absolute atomic E-state index is 0.0620. The molecular formula is C22H24ClN5O2. The summed E-state index contributed by atoms with van der Waals surface area (Å²) in [5.74, 6) is 0.902. The molecule has 2 N–H and O–H groups in total. The van der Waals surface area contributed by atoms with Crippen LogP contribution in [0.2, 0.25) is 5.02 Å². The second-order valence-electron chi connectivity index (χ2n) is 8.44. The summed E-state index contributed by atoms with van der Waals surface area (Å²) >= 11 is 6.20. The van der Waals surface area contributed by atoms with Crippen molar-refractivity contribution in [3.8, 4) is 11.4 Å². The van der Waals surface area contributed by atoms with Gasteiger partial charge in [0.15, 0.2) is 0 Å². The molecule has 0 aliphatic carbocycles. The number of carbonyl (C=O) groups is 1. The van der Waals surface area contributed by atoms with Gasteiger partial charge in [0.05, 0.1) is 16.1 Å². The van der Waals surface area contributed by atoms with Crippen LogP contribution in [0.4, 0.5) is 0 Å². The minimum Gasteiger partial charge on any atom is -0.338 e. The lowest BCUT2D eigenvalue weighted by Crippen LogP contribution is -2.34. The first kappa shape index (κ1) is 19.3. The fourth-order valence-corrected chi connectivity index (χ4v) is 4.90. The van der Waals surface area contributed by atoms with Crippen molar-refractivity contribution in [2.45, 2.75) is 26.3 Å². The molecule has 0 bridgehead atoms. The van der Waals surface area contributed by atoms with E-state index in [2.05, 4.69) is 26.8 Å². The van der Waals surface area contributed by atoms with Crippen LogP contribution in [-0.4, -0.2) is 56.8 Å². The molecule has 2 aliphatic rings. The number of hydrogen-bond acceptors (Lipinski definition) is 4. The molecule has 0 radical (unpaired) electrons. The fraction of sp³-hybridized carbons (Fsp3) is 0.409. The summed E-state index contributed by atoms with van der Waals surface area (Å²) in [6.07, 6.45) is 4.06. The number of nitrogens with zero attached hydrogens (tertiary/aromatic N) is 3. The molecule has 0 saturated carbocycles. The lowest BCUT2D eigenvalue weighted by Gasteiger charge is -2.24. The van der Waals surface area contributed by atoms with Crippen molar-refractivity contribution in [2.75, 3.05) is 26.2 Å². The highest BCUT2D eigenvalue weighted by Gasteiger charge is 2.30. The molecule has 156 valence electrons. The predicted octanol–water partition coefficient (Wildman–Crippen LogP) is 3.26. The first-order valence-corrected chi connectivity index (χ1v) is 10.8. The van der Waals surface area contributed by atoms with Gasteiger partial charge >= 0.3 is 0 Å². The van der Waals surface area contributed by atoms with E-state index in [0.717, 1.165) is 29.7 Å². The highest BCUT2D eigenvalue weighted by atomic mass is 35.5. The molecule has 1 aromatic carbocycles. The summed E-state index contributed by atoms with van der Waals surface area (Å²) in [7, 11) is 0. The van der Waals surface area contributed by atoms with E-state index in [4.69, 9.17) is 11.6 Å². The van der Waals surface area contributed by atoms with E-state index in [-0.39, 0.29) is 11.5 Å². The number of imidazole rings is 1. The van der Waals surface area contributed by atoms with Gasteiger partial charge in [-0.15, -0.1) is 0 Å². The van der Waals surface area contributed by atoms with E-state index in [0.29, 0.717) is 34.4 Å². The van der Waals surface area contributed by atoms with Crippen molar-refractivity contribution in [2.24, 2.45) is 5.92 Å². The molecule has 1 saturated heterocycles. The van der Waals surface area contributed by atoms with Crippen LogP contribution < -0.4 is 5.56 Å². The summed E-state index contributed by atoms with van der Waals surface area (Å²) in [5.41, 5.74) is 3.14. The Labute approximate surface area is 179 Å². The van der Waals surface area contributed by atoms with E-state index in [9.17, 15) is 9.59 Å². The first-order chi connectivity index (χ1) is 14.5. The SMILES string of the molecule is CC(CN1CCCC1)CN1Cc2cc3nc(-c4c(Cl)cc[nH]c4=O)[nH]c3cc2C1=O. The monoisotopic (exact) mass is 425 g/mol. The topological polar surface area (TPSA) is 85.1 Å². The Hall–Kier alpha value is -2.64. The molecule has 2 aliphatic heterocycles. The Bertz CT molecular complexity index is 1180. The third kappa shape index (κ3) is 3.42. The maximum atomic E-state index is 13.0. The number of benzene rings is 1. The lowest BCUT2D eigenvalue weighted by atomic mass is 10.1. The van der Waals surface area contributed by atoms with Crippen LogP contribution in [0.1, 0.15) is 35.7 Å². The number of aromatic nitrogens is 3. The summed E-state index contributed by atoms with van der Waals surface area (Å²) in [6.45, 7) is 6.96. The van der Waals surface area contributed by atoms with E-state index in [1.165, 1.54) is 32.1 Å². The Morgan fingerprint density at radius 1 is 1.20 bits per heavy atom. The molecule has 30 heavy (non-hydrogen) atoms. The number of hydrogen-bond donors (Lipinski definition) is 2. The molecule has 5 rings (SSSR count). The molecule has 1 fully saturated rings. The van der Waals surface area contributed by atoms with E-state index >= 15 is 0 Å². The van der Waals surface area contributed by atoms with Gasteiger partial charge in [0.25, 0.3) is 11.5 Å². The predicted molar refractivity (Wildman–Crippen MR) is 117 cm³/mol. The van der Waals surface area contributed by atoms with Gasteiger partial charge in [-0.25, -0.2) is 4.98 Å².